The first-order valence-electron chi connectivity index (χ1n) is 8.15. The molecule has 126 valence electrons. The topological polar surface area (TPSA) is 82.0 Å². The third kappa shape index (κ3) is 3.38. The van der Waals surface area contributed by atoms with E-state index >= 15 is 0 Å². The lowest BCUT2D eigenvalue weighted by atomic mass is 10.0. The summed E-state index contributed by atoms with van der Waals surface area (Å²) in [7, 11) is 0. The number of nitrogens with one attached hydrogen (secondary N) is 2. The number of rotatable bonds is 4. The van der Waals surface area contributed by atoms with Crippen molar-refractivity contribution in [2.75, 3.05) is 10.6 Å². The molecule has 1 aliphatic rings. The smallest absolute Gasteiger partial charge is 0.240 e. The largest absolute Gasteiger partial charge is 0.325 e. The molecule has 0 atom stereocenters. The van der Waals surface area contributed by atoms with Gasteiger partial charge in [0.1, 0.15) is 5.41 Å². The summed E-state index contributed by atoms with van der Waals surface area (Å²) in [6.45, 7) is 3.99. The van der Waals surface area contributed by atoms with Crippen LogP contribution in [0, 0.1) is 30.6 Å². The van der Waals surface area contributed by atoms with Gasteiger partial charge in [0, 0.05) is 11.4 Å². The molecule has 2 amide bonds. The first-order valence-corrected chi connectivity index (χ1v) is 8.15. The number of carbonyl (C=O) groups is 2. The van der Waals surface area contributed by atoms with Gasteiger partial charge < -0.3 is 10.6 Å². The van der Waals surface area contributed by atoms with Crippen LogP contribution in [0.2, 0.25) is 0 Å². The van der Waals surface area contributed by atoms with Gasteiger partial charge >= 0.3 is 0 Å². The number of hydrogen-bond donors (Lipinski definition) is 2. The van der Waals surface area contributed by atoms with Crippen LogP contribution in [0.15, 0.2) is 42.5 Å². The van der Waals surface area contributed by atoms with E-state index in [-0.39, 0.29) is 11.8 Å². The molecule has 5 nitrogen and oxygen atoms in total. The molecule has 2 aromatic carbocycles. The molecular weight excluding hydrogens is 314 g/mol. The SMILES string of the molecule is Cc1ccc(NC(=O)C2(C(=O)Nc3cccc(C#N)c3)CC2)cc1C. The van der Waals surface area contributed by atoms with E-state index in [0.29, 0.717) is 29.8 Å². The Balaban J connectivity index is 1.72. The van der Waals surface area contributed by atoms with Crippen LogP contribution in [0.25, 0.3) is 0 Å². The minimum atomic E-state index is -1.03. The molecule has 2 N–H and O–H groups in total. The van der Waals surface area contributed by atoms with Crippen LogP contribution in [-0.2, 0) is 9.59 Å². The Morgan fingerprint density at radius 3 is 2.16 bits per heavy atom. The van der Waals surface area contributed by atoms with Gasteiger partial charge in [0.05, 0.1) is 11.6 Å². The van der Waals surface area contributed by atoms with Crippen molar-refractivity contribution in [3.05, 3.63) is 59.2 Å². The Morgan fingerprint density at radius 1 is 0.960 bits per heavy atom. The zero-order valence-electron chi connectivity index (χ0n) is 14.2. The number of nitriles is 1. The fourth-order valence-corrected chi connectivity index (χ4v) is 2.67. The summed E-state index contributed by atoms with van der Waals surface area (Å²) >= 11 is 0. The zero-order chi connectivity index (χ0) is 18.0. The van der Waals surface area contributed by atoms with Gasteiger partial charge in [-0.05, 0) is 68.1 Å². The number of hydrogen-bond acceptors (Lipinski definition) is 3. The summed E-state index contributed by atoms with van der Waals surface area (Å²) in [6.07, 6.45) is 1.04. The fourth-order valence-electron chi connectivity index (χ4n) is 2.67. The van der Waals surface area contributed by atoms with Crippen LogP contribution >= 0.6 is 0 Å². The van der Waals surface area contributed by atoms with Crippen molar-refractivity contribution in [2.24, 2.45) is 5.41 Å². The van der Waals surface area contributed by atoms with Gasteiger partial charge in [-0.1, -0.05) is 12.1 Å². The van der Waals surface area contributed by atoms with Crippen LogP contribution in [0.4, 0.5) is 11.4 Å². The molecule has 1 saturated carbocycles. The molecule has 0 radical (unpaired) electrons. The van der Waals surface area contributed by atoms with E-state index in [1.807, 2.05) is 38.1 Å². The number of amides is 2. The standard InChI is InChI=1S/C20H19N3O2/c1-13-6-7-17(10-14(13)2)23-19(25)20(8-9-20)18(24)22-16-5-3-4-15(11-16)12-21/h3-7,10-11H,8-9H2,1-2H3,(H,22,24)(H,23,25). The maximum atomic E-state index is 12.6. The van der Waals surface area contributed by atoms with Crippen molar-refractivity contribution in [3.63, 3.8) is 0 Å². The Kier molecular flexibility index (Phi) is 4.28. The van der Waals surface area contributed by atoms with Crippen molar-refractivity contribution < 1.29 is 9.59 Å². The lowest BCUT2D eigenvalue weighted by molar-refractivity contribution is -0.131. The number of benzene rings is 2. The second kappa shape index (κ2) is 6.40. The van der Waals surface area contributed by atoms with Gasteiger partial charge in [-0.15, -0.1) is 0 Å². The van der Waals surface area contributed by atoms with Gasteiger partial charge in [-0.2, -0.15) is 5.26 Å². The third-order valence-corrected chi connectivity index (χ3v) is 4.63. The predicted octanol–water partition coefficient (Wildman–Crippen LogP) is 3.53. The van der Waals surface area contributed by atoms with Crippen molar-refractivity contribution in [1.82, 2.24) is 0 Å². The van der Waals surface area contributed by atoms with Gasteiger partial charge in [0.15, 0.2) is 0 Å². The fraction of sp³-hybridized carbons (Fsp3) is 0.250. The molecule has 0 aromatic heterocycles. The second-order valence-corrected chi connectivity index (χ2v) is 6.48. The zero-order valence-corrected chi connectivity index (χ0v) is 14.2. The molecule has 0 heterocycles. The normalized spacial score (nSPS) is 14.3. The highest BCUT2D eigenvalue weighted by Gasteiger charge is 2.56. The van der Waals surface area contributed by atoms with E-state index < -0.39 is 5.41 Å². The van der Waals surface area contributed by atoms with Gasteiger partial charge in [-0.25, -0.2) is 0 Å². The van der Waals surface area contributed by atoms with E-state index in [0.717, 1.165) is 11.1 Å². The molecule has 0 spiro atoms. The second-order valence-electron chi connectivity index (χ2n) is 6.48. The predicted molar refractivity (Wildman–Crippen MR) is 96.0 cm³/mol. The Bertz CT molecular complexity index is 892. The van der Waals surface area contributed by atoms with Crippen LogP contribution in [0.5, 0.6) is 0 Å². The molecule has 5 heteroatoms. The average Bonchev–Trinajstić information content (AvgIpc) is 3.40. The molecule has 0 saturated heterocycles. The van der Waals surface area contributed by atoms with Gasteiger partial charge in [-0.3, -0.25) is 9.59 Å². The molecule has 0 bridgehead atoms. The van der Waals surface area contributed by atoms with Gasteiger partial charge in [0.2, 0.25) is 11.8 Å². The lowest BCUT2D eigenvalue weighted by Gasteiger charge is -2.16. The van der Waals surface area contributed by atoms with Crippen molar-refractivity contribution in [1.29, 1.82) is 5.26 Å². The Labute approximate surface area is 146 Å². The summed E-state index contributed by atoms with van der Waals surface area (Å²) in [5.74, 6) is -0.617. The molecule has 2 aromatic rings. The molecule has 1 aliphatic carbocycles. The molecule has 3 rings (SSSR count). The summed E-state index contributed by atoms with van der Waals surface area (Å²) in [6, 6.07) is 14.4. The maximum absolute atomic E-state index is 12.6. The van der Waals surface area contributed by atoms with Crippen molar-refractivity contribution in [3.8, 4) is 6.07 Å². The van der Waals surface area contributed by atoms with E-state index in [4.69, 9.17) is 5.26 Å². The first kappa shape index (κ1) is 16.7. The third-order valence-electron chi connectivity index (χ3n) is 4.63. The van der Waals surface area contributed by atoms with Crippen LogP contribution in [0.3, 0.4) is 0 Å². The minimum Gasteiger partial charge on any atom is -0.325 e. The van der Waals surface area contributed by atoms with E-state index in [1.165, 1.54) is 0 Å². The molecule has 1 fully saturated rings. The summed E-state index contributed by atoms with van der Waals surface area (Å²) in [4.78, 5) is 25.2. The summed E-state index contributed by atoms with van der Waals surface area (Å²) in [5.41, 5.74) is 2.88. The van der Waals surface area contributed by atoms with Gasteiger partial charge in [0.25, 0.3) is 0 Å². The first-order chi connectivity index (χ1) is 11.9. The molecule has 0 aliphatic heterocycles. The van der Waals surface area contributed by atoms with Crippen LogP contribution < -0.4 is 10.6 Å². The Hall–Kier alpha value is -3.13. The van der Waals surface area contributed by atoms with E-state index in [1.54, 1.807) is 24.3 Å². The number of nitrogens with zero attached hydrogens (tertiary/aromatic N) is 1. The number of anilines is 2. The average molecular weight is 333 g/mol. The number of aryl methyl sites for hydroxylation is 2. The summed E-state index contributed by atoms with van der Waals surface area (Å²) in [5, 5.41) is 14.5. The molecular formula is C20H19N3O2. The quantitative estimate of drug-likeness (QED) is 0.840. The van der Waals surface area contributed by atoms with Crippen LogP contribution in [0.1, 0.15) is 29.5 Å². The number of carbonyl (C=O) groups excluding carboxylic acids is 2. The molecule has 25 heavy (non-hydrogen) atoms. The van der Waals surface area contributed by atoms with E-state index in [2.05, 4.69) is 10.6 Å². The lowest BCUT2D eigenvalue weighted by Crippen LogP contribution is -2.35. The van der Waals surface area contributed by atoms with Crippen molar-refractivity contribution in [2.45, 2.75) is 26.7 Å². The highest BCUT2D eigenvalue weighted by Crippen LogP contribution is 2.47. The Morgan fingerprint density at radius 2 is 1.60 bits per heavy atom. The van der Waals surface area contributed by atoms with Crippen molar-refractivity contribution >= 4 is 23.2 Å². The maximum Gasteiger partial charge on any atom is 0.240 e. The highest BCUT2D eigenvalue weighted by molar-refractivity contribution is 6.16. The van der Waals surface area contributed by atoms with E-state index in [9.17, 15) is 9.59 Å². The molecule has 0 unspecified atom stereocenters. The summed E-state index contributed by atoms with van der Waals surface area (Å²) < 4.78 is 0. The minimum absolute atomic E-state index is 0.287. The van der Waals surface area contributed by atoms with Crippen LogP contribution in [-0.4, -0.2) is 11.8 Å². The monoisotopic (exact) mass is 333 g/mol. The highest BCUT2D eigenvalue weighted by atomic mass is 16.2.